The Morgan fingerprint density at radius 2 is 0.292 bits per heavy atom. The van der Waals surface area contributed by atoms with Gasteiger partial charge in [0.25, 0.3) is 0 Å². The molecule has 4 radical (unpaired) electrons. The average molecular weight is 1820 g/mol. The Bertz CT molecular complexity index is 4200. The summed E-state index contributed by atoms with van der Waals surface area (Å²) in [6, 6.07) is 61.9. The number of hydrogen-bond donors (Lipinski definition) is 0. The molecule has 8 aromatic heterocycles. The standard InChI is InChI=1S/4C12H14O4.4C10H8N2.4Co.4H2O/c4*1-12(2,3)9-5-7(10(13)14)4-8(6-9)11(15)16;4*1-3-7-11-9(5-1)10-6-2-4-8-12-10;;;;;;;;/h4*4-6H,1-3H3,(H,13,14)(H,15,16);4*1-8H;;;;;4*1H2/q;;;;;;;;4*+2;;;;/p-4. The Balaban J connectivity index is -0.000000636. The molecule has 0 unspecified atom stereocenters. The molecule has 12 rings (SSSR count). The molecule has 8 heterocycles. The summed E-state index contributed by atoms with van der Waals surface area (Å²) in [5, 5.41) is 85.8. The average Bonchev–Trinajstić information content (AvgIpc) is 0.830. The van der Waals surface area contributed by atoms with E-state index < -0.39 is 47.8 Å². The Morgan fingerprint density at radius 3 is 0.358 bits per heavy atom. The van der Waals surface area contributed by atoms with E-state index in [0.717, 1.165) is 69.8 Å². The monoisotopic (exact) mass is 1820 g/mol. The summed E-state index contributed by atoms with van der Waals surface area (Å²) < 4.78 is 0. The van der Waals surface area contributed by atoms with Crippen LogP contribution in [0.25, 0.3) is 45.6 Å². The summed E-state index contributed by atoms with van der Waals surface area (Å²) in [4.78, 5) is 119. The van der Waals surface area contributed by atoms with E-state index in [1.165, 1.54) is 48.5 Å². The second kappa shape index (κ2) is 54.7. The number of carboxylic acids is 8. The summed E-state index contributed by atoms with van der Waals surface area (Å²) in [6.45, 7) is 22.3. The Morgan fingerprint density at radius 1 is 0.192 bits per heavy atom. The van der Waals surface area contributed by atoms with Crippen LogP contribution in [0.15, 0.2) is 268 Å². The molecule has 4 aromatic carbocycles. The van der Waals surface area contributed by atoms with Crippen LogP contribution < -0.4 is 40.9 Å². The molecule has 120 heavy (non-hydrogen) atoms. The first-order chi connectivity index (χ1) is 52.7. The third-order valence-corrected chi connectivity index (χ3v) is 15.5. The van der Waals surface area contributed by atoms with Gasteiger partial charge < -0.3 is 101 Å². The van der Waals surface area contributed by atoms with Crippen molar-refractivity contribution in [1.82, 2.24) is 39.9 Å². The summed E-state index contributed by atoms with van der Waals surface area (Å²) in [5.74, 6) is -11.2. The van der Waals surface area contributed by atoms with Gasteiger partial charge in [0.2, 0.25) is 0 Å². The van der Waals surface area contributed by atoms with Crippen molar-refractivity contribution >= 4 is 47.8 Å². The Labute approximate surface area is 735 Å². The van der Waals surface area contributed by atoms with Crippen molar-refractivity contribution in [2.75, 3.05) is 0 Å². The van der Waals surface area contributed by atoms with Gasteiger partial charge in [-0.25, -0.2) is 0 Å². The minimum Gasteiger partial charge on any atom is -0.545 e. The number of hydrogen-bond acceptors (Lipinski definition) is 24. The van der Waals surface area contributed by atoms with Gasteiger partial charge in [0.1, 0.15) is 0 Å². The molecule has 0 amide bonds. The summed E-state index contributed by atoms with van der Waals surface area (Å²) in [6.07, 6.45) is 14.1. The fourth-order valence-corrected chi connectivity index (χ4v) is 9.30. The molecule has 0 saturated carbocycles. The third kappa shape index (κ3) is 39.3. The van der Waals surface area contributed by atoms with Crippen LogP contribution in [0.1, 0.15) is 188 Å². The molecule has 0 aliphatic carbocycles. The van der Waals surface area contributed by atoms with E-state index in [-0.39, 0.29) is 155 Å². The number of carbonyl (C=O) groups excluding carboxylic acids is 8. The van der Waals surface area contributed by atoms with E-state index in [2.05, 4.69) is 39.9 Å². The van der Waals surface area contributed by atoms with Crippen LogP contribution in [0.2, 0.25) is 0 Å². The molecule has 636 valence electrons. The second-order valence-electron chi connectivity index (χ2n) is 28.2. The van der Waals surface area contributed by atoms with E-state index in [1.54, 1.807) is 49.6 Å². The van der Waals surface area contributed by atoms with Gasteiger partial charge in [0.05, 0.1) is 93.3 Å². The van der Waals surface area contributed by atoms with Gasteiger partial charge in [-0.2, -0.15) is 0 Å². The van der Waals surface area contributed by atoms with Crippen LogP contribution in [0.5, 0.6) is 0 Å². The van der Waals surface area contributed by atoms with Crippen molar-refractivity contribution in [3.8, 4) is 45.6 Å². The maximum atomic E-state index is 10.7. The van der Waals surface area contributed by atoms with Gasteiger partial charge in [-0.05, 0) is 258 Å². The second-order valence-corrected chi connectivity index (χ2v) is 28.2. The zero-order valence-electron chi connectivity index (χ0n) is 67.2. The van der Waals surface area contributed by atoms with E-state index >= 15 is 0 Å². The van der Waals surface area contributed by atoms with Gasteiger partial charge in [-0.3, -0.25) is 39.9 Å². The minimum absolute atomic E-state index is 0. The summed E-state index contributed by atoms with van der Waals surface area (Å²) >= 11 is 0. The molecule has 32 heteroatoms. The number of rotatable bonds is 12. The first-order valence-corrected chi connectivity index (χ1v) is 34.4. The molecule has 0 saturated heterocycles. The van der Waals surface area contributed by atoms with Crippen molar-refractivity contribution in [2.24, 2.45) is 0 Å². The molecule has 0 atom stereocenters. The largest absolute Gasteiger partial charge is 2.00 e. The molecular formula is C88H92Co4N8O20+4. The molecule has 12 N–H and O–H groups in total. The van der Waals surface area contributed by atoms with Gasteiger partial charge in [0, 0.05) is 49.6 Å². The number of aromatic carboxylic acids is 8. The quantitative estimate of drug-likeness (QED) is 0.157. The number of benzene rings is 4. The predicted octanol–water partition coefficient (Wildman–Crippen LogP) is 3.72. The van der Waals surface area contributed by atoms with Crippen molar-refractivity contribution < 1.29 is 168 Å². The van der Waals surface area contributed by atoms with Crippen LogP contribution in [0, 0.1) is 0 Å². The Kier molecular flexibility index (Phi) is 51.9. The topological polar surface area (TPSA) is 556 Å². The van der Waals surface area contributed by atoms with Crippen molar-refractivity contribution in [3.63, 3.8) is 0 Å². The molecule has 0 fully saturated rings. The summed E-state index contributed by atoms with van der Waals surface area (Å²) in [5.41, 5.74) is 7.27. The van der Waals surface area contributed by atoms with Crippen LogP contribution in [0.3, 0.4) is 0 Å². The molecule has 0 aliphatic heterocycles. The molecule has 12 aromatic rings. The molecular weight excluding hydrogens is 1720 g/mol. The van der Waals surface area contributed by atoms with Crippen molar-refractivity contribution in [3.05, 3.63) is 335 Å². The first-order valence-electron chi connectivity index (χ1n) is 34.4. The van der Waals surface area contributed by atoms with E-state index in [0.29, 0.717) is 22.3 Å². The number of pyridine rings is 8. The van der Waals surface area contributed by atoms with E-state index in [9.17, 15) is 79.2 Å². The molecule has 0 bridgehead atoms. The molecule has 0 spiro atoms. The van der Waals surface area contributed by atoms with Crippen LogP contribution in [-0.4, -0.2) is 87.6 Å². The number of nitrogens with zero attached hydrogens (tertiary/aromatic N) is 8. The van der Waals surface area contributed by atoms with Crippen LogP contribution >= 0.6 is 0 Å². The smallest absolute Gasteiger partial charge is 0.545 e. The van der Waals surface area contributed by atoms with E-state index in [1.807, 2.05) is 229 Å². The van der Waals surface area contributed by atoms with E-state index in [4.69, 9.17) is 0 Å². The molecule has 28 nitrogen and oxygen atoms in total. The fraction of sp³-hybridized carbons (Fsp3) is 0.182. The first kappa shape index (κ1) is 114. The number of carbonyl (C=O) groups is 8. The summed E-state index contributed by atoms with van der Waals surface area (Å²) in [7, 11) is 0. The van der Waals surface area contributed by atoms with Crippen molar-refractivity contribution in [2.45, 2.75) is 105 Å². The normalized spacial score (nSPS) is 9.83. The van der Waals surface area contributed by atoms with Gasteiger partial charge in [-0.1, -0.05) is 132 Å². The van der Waals surface area contributed by atoms with Gasteiger partial charge >= 0.3 is 67.1 Å². The maximum Gasteiger partial charge on any atom is 2.00 e. The predicted molar refractivity (Wildman–Crippen MR) is 425 cm³/mol. The maximum absolute atomic E-state index is 10.7. The van der Waals surface area contributed by atoms with Crippen LogP contribution in [0.4, 0.5) is 0 Å². The minimum atomic E-state index is -1.39. The SMILES string of the molecule is CC(C)(C)c1cc(C(=O)[O-])cc(C(=O)[O-])c1.CC(C)(C)c1cc(C(=O)[O-])cc(C(=O)[O-])c1.CC(C)(C)c1cc(C(=O)[O-])cc(C(=O)[O-])c1.CC(C)(C)c1cc(C(=O)[O-])cc(C(=O)[O-])c1.[Co+2].[Co+2].[Co+2].[Co+2].[OH3+].[OH3+].[OH3+].[OH3+].c1ccc(-c2ccccn2)nc1.c1ccc(-c2ccccn2)nc1.c1ccc(-c2ccccn2)nc1.c1ccc(-c2ccccn2)nc1. The Hall–Kier alpha value is -12.3. The van der Waals surface area contributed by atoms with Crippen LogP contribution in [-0.2, 0) is 111 Å². The fourth-order valence-electron chi connectivity index (χ4n) is 9.30. The third-order valence-electron chi connectivity index (χ3n) is 15.5. The number of carboxylic acid groups (broad SMARTS) is 8. The van der Waals surface area contributed by atoms with Gasteiger partial charge in [-0.15, -0.1) is 0 Å². The number of aromatic nitrogens is 8. The van der Waals surface area contributed by atoms with Crippen molar-refractivity contribution in [1.29, 1.82) is 0 Å². The zero-order chi connectivity index (χ0) is 82.9. The molecule has 0 aliphatic rings. The zero-order valence-corrected chi connectivity index (χ0v) is 71.3. The van der Waals surface area contributed by atoms with Gasteiger partial charge in [0.15, 0.2) is 0 Å².